The van der Waals surface area contributed by atoms with Crippen LogP contribution in [0.3, 0.4) is 0 Å². The van der Waals surface area contributed by atoms with Gasteiger partial charge in [-0.3, -0.25) is 0 Å². The molecule has 1 saturated heterocycles. The Morgan fingerprint density at radius 3 is 2.67 bits per heavy atom. The smallest absolute Gasteiger partial charge is 0.318 e. The minimum atomic E-state index is -0.193. The van der Waals surface area contributed by atoms with Crippen LogP contribution in [0.5, 0.6) is 0 Å². The standard InChI is InChI=1S/C10H18N4O/c1-6-4-7(2)14(5-6)10-13-12-9(15-10)8(3)11/h6-8H,4-5,11H2,1-3H3. The molecular formula is C10H18N4O. The van der Waals surface area contributed by atoms with Crippen molar-refractivity contribution < 1.29 is 4.42 Å². The predicted octanol–water partition coefficient (Wildman–Crippen LogP) is 1.32. The Morgan fingerprint density at radius 2 is 2.20 bits per heavy atom. The van der Waals surface area contributed by atoms with Crippen LogP contribution in [0.1, 0.15) is 39.1 Å². The van der Waals surface area contributed by atoms with E-state index in [9.17, 15) is 0 Å². The first-order valence-corrected chi connectivity index (χ1v) is 5.43. The van der Waals surface area contributed by atoms with Crippen molar-refractivity contribution in [2.45, 2.75) is 39.3 Å². The first-order valence-electron chi connectivity index (χ1n) is 5.43. The van der Waals surface area contributed by atoms with Gasteiger partial charge in [0.15, 0.2) is 0 Å². The Labute approximate surface area is 89.6 Å². The van der Waals surface area contributed by atoms with Crippen LogP contribution in [0.4, 0.5) is 6.01 Å². The summed E-state index contributed by atoms with van der Waals surface area (Å²) >= 11 is 0. The van der Waals surface area contributed by atoms with Gasteiger partial charge in [-0.2, -0.15) is 0 Å². The first kappa shape index (κ1) is 10.4. The highest BCUT2D eigenvalue weighted by molar-refractivity contribution is 5.29. The quantitative estimate of drug-likeness (QED) is 0.797. The molecule has 3 unspecified atom stereocenters. The Hall–Kier alpha value is -1.10. The third-order valence-corrected chi connectivity index (χ3v) is 2.85. The number of nitrogens with zero attached hydrogens (tertiary/aromatic N) is 3. The van der Waals surface area contributed by atoms with Gasteiger partial charge in [-0.15, -0.1) is 5.10 Å². The molecule has 5 heteroatoms. The summed E-state index contributed by atoms with van der Waals surface area (Å²) in [5.41, 5.74) is 5.67. The van der Waals surface area contributed by atoms with E-state index in [2.05, 4.69) is 28.9 Å². The largest absolute Gasteiger partial charge is 0.406 e. The lowest BCUT2D eigenvalue weighted by atomic mass is 10.1. The Bertz CT molecular complexity index is 336. The van der Waals surface area contributed by atoms with Crippen molar-refractivity contribution >= 4 is 6.01 Å². The van der Waals surface area contributed by atoms with Crippen molar-refractivity contribution in [1.82, 2.24) is 10.2 Å². The van der Waals surface area contributed by atoms with Crippen LogP contribution in [-0.2, 0) is 0 Å². The third kappa shape index (κ3) is 1.97. The van der Waals surface area contributed by atoms with Gasteiger partial charge in [0.2, 0.25) is 5.89 Å². The molecule has 1 fully saturated rings. The molecule has 0 aliphatic carbocycles. The molecule has 2 heterocycles. The number of aromatic nitrogens is 2. The van der Waals surface area contributed by atoms with Crippen LogP contribution in [-0.4, -0.2) is 22.8 Å². The maximum Gasteiger partial charge on any atom is 0.318 e. The molecule has 1 aromatic rings. The van der Waals surface area contributed by atoms with Crippen molar-refractivity contribution in [3.63, 3.8) is 0 Å². The Balaban J connectivity index is 2.15. The summed E-state index contributed by atoms with van der Waals surface area (Å²) in [5, 5.41) is 7.97. The van der Waals surface area contributed by atoms with Gasteiger partial charge in [0.05, 0.1) is 6.04 Å². The number of anilines is 1. The van der Waals surface area contributed by atoms with E-state index in [0.29, 0.717) is 23.9 Å². The van der Waals surface area contributed by atoms with Gasteiger partial charge in [-0.1, -0.05) is 12.0 Å². The Kier molecular flexibility index (Phi) is 2.65. The Morgan fingerprint density at radius 1 is 1.47 bits per heavy atom. The summed E-state index contributed by atoms with van der Waals surface area (Å²) in [6.45, 7) is 7.24. The highest BCUT2D eigenvalue weighted by Gasteiger charge is 2.29. The van der Waals surface area contributed by atoms with Gasteiger partial charge in [0.25, 0.3) is 0 Å². The minimum Gasteiger partial charge on any atom is -0.406 e. The summed E-state index contributed by atoms with van der Waals surface area (Å²) in [5.74, 6) is 1.20. The molecule has 0 radical (unpaired) electrons. The summed E-state index contributed by atoms with van der Waals surface area (Å²) < 4.78 is 5.53. The highest BCUT2D eigenvalue weighted by Crippen LogP contribution is 2.28. The summed E-state index contributed by atoms with van der Waals surface area (Å²) in [7, 11) is 0. The van der Waals surface area contributed by atoms with Crippen molar-refractivity contribution in [2.24, 2.45) is 11.7 Å². The molecule has 2 N–H and O–H groups in total. The maximum atomic E-state index is 5.67. The van der Waals surface area contributed by atoms with Crippen molar-refractivity contribution in [2.75, 3.05) is 11.4 Å². The lowest BCUT2D eigenvalue weighted by Gasteiger charge is -2.17. The predicted molar refractivity (Wildman–Crippen MR) is 57.5 cm³/mol. The van der Waals surface area contributed by atoms with Gasteiger partial charge in [-0.25, -0.2) is 0 Å². The number of hydrogen-bond donors (Lipinski definition) is 1. The van der Waals surface area contributed by atoms with Gasteiger partial charge < -0.3 is 15.1 Å². The van der Waals surface area contributed by atoms with Gasteiger partial charge >= 0.3 is 6.01 Å². The molecule has 3 atom stereocenters. The average Bonchev–Trinajstić information content (AvgIpc) is 2.71. The van der Waals surface area contributed by atoms with Crippen molar-refractivity contribution in [3.8, 4) is 0 Å². The number of nitrogens with two attached hydrogens (primary N) is 1. The zero-order valence-corrected chi connectivity index (χ0v) is 9.47. The molecule has 5 nitrogen and oxygen atoms in total. The molecule has 1 aliphatic heterocycles. The SMILES string of the molecule is CC1CC(C)N(c2nnc(C(C)N)o2)C1. The zero-order valence-electron chi connectivity index (χ0n) is 9.47. The van der Waals surface area contributed by atoms with E-state index in [4.69, 9.17) is 10.2 Å². The number of hydrogen-bond acceptors (Lipinski definition) is 5. The van der Waals surface area contributed by atoms with E-state index in [1.807, 2.05) is 6.92 Å². The van der Waals surface area contributed by atoms with Crippen LogP contribution in [0, 0.1) is 5.92 Å². The molecule has 0 aromatic carbocycles. The molecular weight excluding hydrogens is 192 g/mol. The molecule has 84 valence electrons. The minimum absolute atomic E-state index is 0.193. The molecule has 0 bridgehead atoms. The van der Waals surface area contributed by atoms with E-state index >= 15 is 0 Å². The first-order chi connectivity index (χ1) is 7.08. The van der Waals surface area contributed by atoms with Crippen LogP contribution < -0.4 is 10.6 Å². The topological polar surface area (TPSA) is 68.2 Å². The monoisotopic (exact) mass is 210 g/mol. The summed E-state index contributed by atoms with van der Waals surface area (Å²) in [6.07, 6.45) is 1.18. The van der Waals surface area contributed by atoms with Crippen molar-refractivity contribution in [1.29, 1.82) is 0 Å². The fraction of sp³-hybridized carbons (Fsp3) is 0.800. The van der Waals surface area contributed by atoms with Crippen LogP contribution >= 0.6 is 0 Å². The lowest BCUT2D eigenvalue weighted by molar-refractivity contribution is 0.454. The highest BCUT2D eigenvalue weighted by atomic mass is 16.4. The van der Waals surface area contributed by atoms with Crippen LogP contribution in [0.15, 0.2) is 4.42 Å². The van der Waals surface area contributed by atoms with Gasteiger partial charge in [0, 0.05) is 12.6 Å². The molecule has 0 spiro atoms. The van der Waals surface area contributed by atoms with E-state index in [1.165, 1.54) is 6.42 Å². The summed E-state index contributed by atoms with van der Waals surface area (Å²) in [4.78, 5) is 2.16. The van der Waals surface area contributed by atoms with Crippen LogP contribution in [0.25, 0.3) is 0 Å². The fourth-order valence-corrected chi connectivity index (χ4v) is 2.09. The normalized spacial score (nSPS) is 28.4. The van der Waals surface area contributed by atoms with Crippen LogP contribution in [0.2, 0.25) is 0 Å². The molecule has 0 saturated carbocycles. The number of rotatable bonds is 2. The van der Waals surface area contributed by atoms with E-state index in [0.717, 1.165) is 6.54 Å². The second-order valence-electron chi connectivity index (χ2n) is 4.55. The summed E-state index contributed by atoms with van der Waals surface area (Å²) in [6, 6.07) is 0.891. The van der Waals surface area contributed by atoms with Crippen molar-refractivity contribution in [3.05, 3.63) is 5.89 Å². The van der Waals surface area contributed by atoms with Gasteiger partial charge in [-0.05, 0) is 26.2 Å². The molecule has 2 rings (SSSR count). The third-order valence-electron chi connectivity index (χ3n) is 2.85. The second-order valence-corrected chi connectivity index (χ2v) is 4.55. The van der Waals surface area contributed by atoms with E-state index < -0.39 is 0 Å². The molecule has 1 aromatic heterocycles. The fourth-order valence-electron chi connectivity index (χ4n) is 2.09. The van der Waals surface area contributed by atoms with E-state index in [1.54, 1.807) is 0 Å². The van der Waals surface area contributed by atoms with Gasteiger partial charge in [0.1, 0.15) is 0 Å². The lowest BCUT2D eigenvalue weighted by Crippen LogP contribution is -2.26. The zero-order chi connectivity index (χ0) is 11.0. The molecule has 0 amide bonds. The van der Waals surface area contributed by atoms with E-state index in [-0.39, 0.29) is 6.04 Å². The molecule has 15 heavy (non-hydrogen) atoms. The average molecular weight is 210 g/mol. The second kappa shape index (κ2) is 3.81. The maximum absolute atomic E-state index is 5.67. The molecule has 1 aliphatic rings.